The van der Waals surface area contributed by atoms with E-state index >= 15 is 0 Å². The quantitative estimate of drug-likeness (QED) is 0.412. The van der Waals surface area contributed by atoms with Crippen LogP contribution in [0.25, 0.3) is 22.6 Å². The molecule has 3 heterocycles. The summed E-state index contributed by atoms with van der Waals surface area (Å²) in [5.41, 5.74) is 6.50. The van der Waals surface area contributed by atoms with Gasteiger partial charge in [0, 0.05) is 60.2 Å². The number of aromatic nitrogens is 3. The van der Waals surface area contributed by atoms with Crippen LogP contribution in [0, 0.1) is 0 Å². The molecule has 2 aromatic carbocycles. The third kappa shape index (κ3) is 4.49. The predicted molar refractivity (Wildman–Crippen MR) is 127 cm³/mol. The molecule has 4 aromatic rings. The van der Waals surface area contributed by atoms with E-state index in [1.807, 2.05) is 60.9 Å². The van der Waals surface area contributed by atoms with Gasteiger partial charge in [0.25, 0.3) is 0 Å². The van der Waals surface area contributed by atoms with Crippen LogP contribution in [0.3, 0.4) is 0 Å². The van der Waals surface area contributed by atoms with Crippen molar-refractivity contribution >= 4 is 11.6 Å². The summed E-state index contributed by atoms with van der Waals surface area (Å²) >= 11 is 5.99. The van der Waals surface area contributed by atoms with Gasteiger partial charge in [0.15, 0.2) is 5.82 Å². The summed E-state index contributed by atoms with van der Waals surface area (Å²) in [6.07, 6.45) is 4.83. The van der Waals surface area contributed by atoms with Gasteiger partial charge in [-0.25, -0.2) is 9.97 Å². The zero-order chi connectivity index (χ0) is 21.9. The van der Waals surface area contributed by atoms with E-state index in [1.165, 1.54) is 11.1 Å². The Balaban J connectivity index is 1.26. The maximum Gasteiger partial charge on any atom is 0.159 e. The molecule has 0 amide bonds. The smallest absolute Gasteiger partial charge is 0.159 e. The van der Waals surface area contributed by atoms with Crippen molar-refractivity contribution in [3.8, 4) is 28.4 Å². The third-order valence-corrected chi connectivity index (χ3v) is 5.96. The molecular formula is C26H23ClN4O. The van der Waals surface area contributed by atoms with Crippen LogP contribution in [0.5, 0.6) is 5.75 Å². The monoisotopic (exact) mass is 442 g/mol. The van der Waals surface area contributed by atoms with Crippen molar-refractivity contribution in [3.05, 3.63) is 94.9 Å². The van der Waals surface area contributed by atoms with Gasteiger partial charge in [-0.2, -0.15) is 0 Å². The zero-order valence-corrected chi connectivity index (χ0v) is 18.6. The Kier molecular flexibility index (Phi) is 5.84. The highest BCUT2D eigenvalue weighted by molar-refractivity contribution is 6.30. The molecule has 6 heteroatoms. The van der Waals surface area contributed by atoms with Crippen LogP contribution in [-0.4, -0.2) is 33.5 Å². The summed E-state index contributed by atoms with van der Waals surface area (Å²) in [7, 11) is 1.68. The number of nitrogens with zero attached hydrogens (tertiary/aromatic N) is 4. The van der Waals surface area contributed by atoms with Crippen molar-refractivity contribution < 1.29 is 4.74 Å². The summed E-state index contributed by atoms with van der Waals surface area (Å²) in [6.45, 7) is 2.65. The lowest BCUT2D eigenvalue weighted by Gasteiger charge is -2.28. The molecule has 0 spiro atoms. The fourth-order valence-electron chi connectivity index (χ4n) is 3.98. The molecule has 0 N–H and O–H groups in total. The largest absolute Gasteiger partial charge is 0.497 e. The van der Waals surface area contributed by atoms with Crippen LogP contribution in [0.2, 0.25) is 5.02 Å². The second-order valence-electron chi connectivity index (χ2n) is 7.92. The lowest BCUT2D eigenvalue weighted by atomic mass is 10.1. The molecule has 1 aliphatic rings. The Hall–Kier alpha value is -3.28. The van der Waals surface area contributed by atoms with Crippen LogP contribution in [0.15, 0.2) is 73.1 Å². The van der Waals surface area contributed by atoms with Gasteiger partial charge in [-0.05, 0) is 48.0 Å². The van der Waals surface area contributed by atoms with E-state index in [4.69, 9.17) is 21.3 Å². The number of ether oxygens (including phenoxy) is 1. The number of hydrogen-bond acceptors (Lipinski definition) is 5. The first-order chi connectivity index (χ1) is 15.7. The minimum Gasteiger partial charge on any atom is -0.497 e. The molecule has 5 nitrogen and oxygen atoms in total. The number of rotatable bonds is 5. The van der Waals surface area contributed by atoms with Crippen molar-refractivity contribution in [2.75, 3.05) is 13.7 Å². The standard InChI is InChI=1S/C26H23ClN4O/c1-32-23-4-2-3-20(13-23)24-10-5-18(14-28-24)16-31-12-11-25-21(17-31)15-29-26(30-25)19-6-8-22(27)9-7-19/h2-10,13-15H,11-12,16-17H2,1H3. The number of pyridine rings is 1. The predicted octanol–water partition coefficient (Wildman–Crippen LogP) is 5.43. The number of hydrogen-bond donors (Lipinski definition) is 0. The molecule has 0 bridgehead atoms. The lowest BCUT2D eigenvalue weighted by molar-refractivity contribution is 0.242. The molecule has 160 valence electrons. The van der Waals surface area contributed by atoms with Gasteiger partial charge in [-0.1, -0.05) is 29.8 Å². The number of methoxy groups -OCH3 is 1. The van der Waals surface area contributed by atoms with Crippen LogP contribution < -0.4 is 4.74 Å². The van der Waals surface area contributed by atoms with Crippen molar-refractivity contribution in [1.82, 2.24) is 19.9 Å². The third-order valence-electron chi connectivity index (χ3n) is 5.71. The highest BCUT2D eigenvalue weighted by atomic mass is 35.5. The molecule has 0 radical (unpaired) electrons. The van der Waals surface area contributed by atoms with Gasteiger partial charge < -0.3 is 4.74 Å². The summed E-state index contributed by atoms with van der Waals surface area (Å²) in [5.74, 6) is 1.59. The topological polar surface area (TPSA) is 51.1 Å². The Morgan fingerprint density at radius 3 is 2.62 bits per heavy atom. The molecule has 5 rings (SSSR count). The second-order valence-corrected chi connectivity index (χ2v) is 8.35. The van der Waals surface area contributed by atoms with Crippen LogP contribution >= 0.6 is 11.6 Å². The molecule has 0 atom stereocenters. The average Bonchev–Trinajstić information content (AvgIpc) is 2.85. The first kappa shape index (κ1) is 20.6. The molecule has 0 saturated carbocycles. The van der Waals surface area contributed by atoms with Crippen molar-refractivity contribution in [2.45, 2.75) is 19.5 Å². The van der Waals surface area contributed by atoms with Crippen molar-refractivity contribution in [1.29, 1.82) is 0 Å². The maximum absolute atomic E-state index is 5.99. The van der Waals surface area contributed by atoms with Crippen LogP contribution in [0.1, 0.15) is 16.8 Å². The van der Waals surface area contributed by atoms with Gasteiger partial charge in [0.2, 0.25) is 0 Å². The Morgan fingerprint density at radius 1 is 0.969 bits per heavy atom. The van der Waals surface area contributed by atoms with E-state index in [1.54, 1.807) is 7.11 Å². The number of benzene rings is 2. The van der Waals surface area contributed by atoms with Gasteiger partial charge in [-0.3, -0.25) is 9.88 Å². The zero-order valence-electron chi connectivity index (χ0n) is 17.8. The van der Waals surface area contributed by atoms with E-state index in [9.17, 15) is 0 Å². The van der Waals surface area contributed by atoms with Gasteiger partial charge in [-0.15, -0.1) is 0 Å². The van der Waals surface area contributed by atoms with E-state index < -0.39 is 0 Å². The van der Waals surface area contributed by atoms with Crippen LogP contribution in [0.4, 0.5) is 0 Å². The molecule has 32 heavy (non-hydrogen) atoms. The molecule has 1 aliphatic heterocycles. The van der Waals surface area contributed by atoms with Crippen molar-refractivity contribution in [2.24, 2.45) is 0 Å². The van der Waals surface area contributed by atoms with Gasteiger partial charge in [0.1, 0.15) is 5.75 Å². The minimum atomic E-state index is 0.716. The Labute approximate surface area is 192 Å². The molecule has 0 fully saturated rings. The normalized spacial score (nSPS) is 13.6. The molecule has 2 aromatic heterocycles. The summed E-state index contributed by atoms with van der Waals surface area (Å²) in [5, 5.41) is 0.716. The number of fused-ring (bicyclic) bond motifs is 1. The van der Waals surface area contributed by atoms with E-state index in [2.05, 4.69) is 27.0 Å². The molecule has 0 aliphatic carbocycles. The van der Waals surface area contributed by atoms with Gasteiger partial charge >= 0.3 is 0 Å². The highest BCUT2D eigenvalue weighted by Gasteiger charge is 2.19. The lowest BCUT2D eigenvalue weighted by Crippen LogP contribution is -2.31. The molecular weight excluding hydrogens is 420 g/mol. The molecule has 0 unspecified atom stereocenters. The summed E-state index contributed by atoms with van der Waals surface area (Å²) < 4.78 is 5.32. The fourth-order valence-corrected chi connectivity index (χ4v) is 4.10. The minimum absolute atomic E-state index is 0.716. The fraction of sp³-hybridized carbons (Fsp3) is 0.192. The number of halogens is 1. The van der Waals surface area contributed by atoms with Crippen LogP contribution in [-0.2, 0) is 19.5 Å². The first-order valence-electron chi connectivity index (χ1n) is 10.6. The second kappa shape index (κ2) is 9.07. The van der Waals surface area contributed by atoms with E-state index in [-0.39, 0.29) is 0 Å². The SMILES string of the molecule is COc1cccc(-c2ccc(CN3CCc4nc(-c5ccc(Cl)cc5)ncc4C3)cn2)c1. The molecule has 0 saturated heterocycles. The maximum atomic E-state index is 5.99. The highest BCUT2D eigenvalue weighted by Crippen LogP contribution is 2.25. The van der Waals surface area contributed by atoms with Crippen molar-refractivity contribution in [3.63, 3.8) is 0 Å². The summed E-state index contributed by atoms with van der Waals surface area (Å²) in [4.78, 5) is 16.5. The van der Waals surface area contributed by atoms with E-state index in [0.29, 0.717) is 5.02 Å². The Bertz CT molecular complexity index is 1230. The van der Waals surface area contributed by atoms with E-state index in [0.717, 1.165) is 60.1 Å². The summed E-state index contributed by atoms with van der Waals surface area (Å²) in [6, 6.07) is 19.9. The average molecular weight is 443 g/mol. The first-order valence-corrected chi connectivity index (χ1v) is 11.0. The van der Waals surface area contributed by atoms with Gasteiger partial charge in [0.05, 0.1) is 18.5 Å². The Morgan fingerprint density at radius 2 is 1.84 bits per heavy atom.